The number of hydrazine groups is 1. The highest BCUT2D eigenvalue weighted by Crippen LogP contribution is 2.29. The molecule has 0 aliphatic carbocycles. The van der Waals surface area contributed by atoms with Crippen LogP contribution in [0.4, 0.5) is 5.69 Å². The molecule has 1 amide bonds. The van der Waals surface area contributed by atoms with Gasteiger partial charge in [0.15, 0.2) is 5.54 Å². The molecule has 128 valence electrons. The molecule has 0 fully saturated rings. The van der Waals surface area contributed by atoms with E-state index < -0.39 is 5.54 Å². The first kappa shape index (κ1) is 17.2. The van der Waals surface area contributed by atoms with Crippen LogP contribution < -0.4 is 10.7 Å². The Hall–Kier alpha value is -3.61. The number of likely N-dealkylation sites (N-methyl/N-ethyl adjacent to an activating group) is 1. The SMILES string of the molecule is CCN1NC(C#N)(c2ccccc2)C=C(Nc2ccc(C#N)cc2)C1=O. The van der Waals surface area contributed by atoms with Crippen LogP contribution in [-0.4, -0.2) is 17.5 Å². The molecule has 0 radical (unpaired) electrons. The average molecular weight is 343 g/mol. The molecule has 1 atom stereocenters. The molecule has 2 aromatic carbocycles. The lowest BCUT2D eigenvalue weighted by Gasteiger charge is -2.37. The van der Waals surface area contributed by atoms with Crippen molar-refractivity contribution in [2.24, 2.45) is 0 Å². The molecule has 26 heavy (non-hydrogen) atoms. The number of rotatable bonds is 4. The molecule has 1 aliphatic rings. The third-order valence-corrected chi connectivity index (χ3v) is 4.16. The molecular weight excluding hydrogens is 326 g/mol. The highest BCUT2D eigenvalue weighted by molar-refractivity contribution is 5.97. The van der Waals surface area contributed by atoms with Crippen molar-refractivity contribution in [2.45, 2.75) is 12.5 Å². The van der Waals surface area contributed by atoms with Crippen molar-refractivity contribution < 1.29 is 4.79 Å². The zero-order valence-electron chi connectivity index (χ0n) is 14.2. The second kappa shape index (κ2) is 7.10. The third kappa shape index (κ3) is 3.14. The van der Waals surface area contributed by atoms with Crippen LogP contribution in [0.25, 0.3) is 0 Å². The number of nitrogens with zero attached hydrogens (tertiary/aromatic N) is 3. The number of hydrogen-bond donors (Lipinski definition) is 2. The molecule has 0 saturated carbocycles. The Kier molecular flexibility index (Phi) is 4.70. The van der Waals surface area contributed by atoms with Crippen molar-refractivity contribution in [1.82, 2.24) is 10.4 Å². The molecule has 1 aliphatic heterocycles. The van der Waals surface area contributed by atoms with Crippen LogP contribution in [0.15, 0.2) is 66.4 Å². The molecule has 0 bridgehead atoms. The Morgan fingerprint density at radius 3 is 2.38 bits per heavy atom. The molecule has 2 aromatic rings. The van der Waals surface area contributed by atoms with Gasteiger partial charge in [0.1, 0.15) is 5.70 Å². The van der Waals surface area contributed by atoms with Crippen molar-refractivity contribution in [1.29, 1.82) is 10.5 Å². The number of nitriles is 2. The van der Waals surface area contributed by atoms with Gasteiger partial charge in [0, 0.05) is 12.2 Å². The topological polar surface area (TPSA) is 91.9 Å². The standard InChI is InChI=1S/C20H17N5O/c1-2-25-19(26)18(23-17-10-8-15(13-21)9-11-17)12-20(14-22,24-25)16-6-4-3-5-7-16/h3-12,23-24H,2H2,1H3. The molecule has 0 saturated heterocycles. The molecular formula is C20H17N5O. The van der Waals surface area contributed by atoms with Crippen molar-refractivity contribution in [3.63, 3.8) is 0 Å². The maximum absolute atomic E-state index is 12.7. The van der Waals surface area contributed by atoms with Gasteiger partial charge in [-0.15, -0.1) is 0 Å². The second-order valence-electron chi connectivity index (χ2n) is 5.82. The highest BCUT2D eigenvalue weighted by Gasteiger charge is 2.39. The van der Waals surface area contributed by atoms with E-state index in [1.807, 2.05) is 37.3 Å². The second-order valence-corrected chi connectivity index (χ2v) is 5.82. The molecule has 6 heteroatoms. The lowest BCUT2D eigenvalue weighted by Crippen LogP contribution is -2.57. The van der Waals surface area contributed by atoms with Gasteiger partial charge in [-0.3, -0.25) is 9.80 Å². The Morgan fingerprint density at radius 2 is 1.81 bits per heavy atom. The summed E-state index contributed by atoms with van der Waals surface area (Å²) in [4.78, 5) is 12.7. The number of benzene rings is 2. The summed E-state index contributed by atoms with van der Waals surface area (Å²) >= 11 is 0. The fraction of sp³-hybridized carbons (Fsp3) is 0.150. The van der Waals surface area contributed by atoms with Crippen LogP contribution in [0.1, 0.15) is 18.1 Å². The van der Waals surface area contributed by atoms with Gasteiger partial charge in [-0.1, -0.05) is 30.3 Å². The monoisotopic (exact) mass is 343 g/mol. The third-order valence-electron chi connectivity index (χ3n) is 4.16. The van der Waals surface area contributed by atoms with E-state index in [0.29, 0.717) is 23.5 Å². The summed E-state index contributed by atoms with van der Waals surface area (Å²) in [6, 6.07) is 20.4. The summed E-state index contributed by atoms with van der Waals surface area (Å²) < 4.78 is 0. The van der Waals surface area contributed by atoms with E-state index in [-0.39, 0.29) is 5.91 Å². The quantitative estimate of drug-likeness (QED) is 0.890. The zero-order valence-corrected chi connectivity index (χ0v) is 14.2. The fourth-order valence-electron chi connectivity index (χ4n) is 2.79. The molecule has 1 heterocycles. The van der Waals surface area contributed by atoms with Gasteiger partial charge in [-0.05, 0) is 42.8 Å². The summed E-state index contributed by atoms with van der Waals surface area (Å²) in [6.45, 7) is 2.24. The Bertz CT molecular complexity index is 921. The number of amides is 1. The maximum atomic E-state index is 12.7. The predicted octanol–water partition coefficient (Wildman–Crippen LogP) is 2.64. The summed E-state index contributed by atoms with van der Waals surface area (Å²) in [7, 11) is 0. The average Bonchev–Trinajstić information content (AvgIpc) is 2.71. The molecule has 2 N–H and O–H groups in total. The minimum Gasteiger partial charge on any atom is -0.351 e. The maximum Gasteiger partial charge on any atom is 0.284 e. The van der Waals surface area contributed by atoms with Crippen molar-refractivity contribution in [3.8, 4) is 12.1 Å². The van der Waals surface area contributed by atoms with Gasteiger partial charge in [-0.25, -0.2) is 5.43 Å². The lowest BCUT2D eigenvalue weighted by molar-refractivity contribution is -0.132. The summed E-state index contributed by atoms with van der Waals surface area (Å²) in [5.74, 6) is -0.251. The smallest absolute Gasteiger partial charge is 0.284 e. The number of carbonyl (C=O) groups is 1. The Morgan fingerprint density at radius 1 is 1.12 bits per heavy atom. The van der Waals surface area contributed by atoms with E-state index in [4.69, 9.17) is 5.26 Å². The molecule has 6 nitrogen and oxygen atoms in total. The summed E-state index contributed by atoms with van der Waals surface area (Å²) in [5, 5.41) is 23.3. The van der Waals surface area contributed by atoms with Crippen molar-refractivity contribution >= 4 is 11.6 Å². The van der Waals surface area contributed by atoms with Crippen LogP contribution >= 0.6 is 0 Å². The number of anilines is 1. The van der Waals surface area contributed by atoms with E-state index in [0.717, 1.165) is 5.56 Å². The van der Waals surface area contributed by atoms with Gasteiger partial charge < -0.3 is 5.32 Å². The molecule has 1 unspecified atom stereocenters. The van der Waals surface area contributed by atoms with E-state index in [2.05, 4.69) is 22.9 Å². The first-order valence-corrected chi connectivity index (χ1v) is 8.18. The fourth-order valence-corrected chi connectivity index (χ4v) is 2.79. The van der Waals surface area contributed by atoms with Crippen LogP contribution in [0.3, 0.4) is 0 Å². The normalized spacial score (nSPS) is 19.3. The minimum atomic E-state index is -1.15. The predicted molar refractivity (Wildman–Crippen MR) is 97.1 cm³/mol. The number of hydrogen-bond acceptors (Lipinski definition) is 5. The van der Waals surface area contributed by atoms with Gasteiger partial charge in [-0.2, -0.15) is 10.5 Å². The molecule has 0 aromatic heterocycles. The Labute approximate surface area is 151 Å². The summed E-state index contributed by atoms with van der Waals surface area (Å²) in [6.07, 6.45) is 1.61. The van der Waals surface area contributed by atoms with E-state index in [1.165, 1.54) is 5.01 Å². The lowest BCUT2D eigenvalue weighted by atomic mass is 9.89. The molecule has 0 spiro atoms. The summed E-state index contributed by atoms with van der Waals surface area (Å²) in [5.41, 5.74) is 4.13. The van der Waals surface area contributed by atoms with E-state index >= 15 is 0 Å². The van der Waals surface area contributed by atoms with E-state index in [1.54, 1.807) is 30.3 Å². The highest BCUT2D eigenvalue weighted by atomic mass is 16.2. The minimum absolute atomic E-state index is 0.251. The first-order valence-electron chi connectivity index (χ1n) is 8.18. The van der Waals surface area contributed by atoms with E-state index in [9.17, 15) is 10.1 Å². The Balaban J connectivity index is 2.03. The van der Waals surface area contributed by atoms with Crippen LogP contribution in [0.5, 0.6) is 0 Å². The van der Waals surface area contributed by atoms with Crippen molar-refractivity contribution in [2.75, 3.05) is 11.9 Å². The van der Waals surface area contributed by atoms with Gasteiger partial charge in [0.05, 0.1) is 17.7 Å². The molecule has 3 rings (SSSR count). The van der Waals surface area contributed by atoms with Gasteiger partial charge in [0.25, 0.3) is 5.91 Å². The van der Waals surface area contributed by atoms with Crippen LogP contribution in [0.2, 0.25) is 0 Å². The van der Waals surface area contributed by atoms with Gasteiger partial charge in [0.2, 0.25) is 0 Å². The van der Waals surface area contributed by atoms with Gasteiger partial charge >= 0.3 is 0 Å². The zero-order chi connectivity index (χ0) is 18.6. The number of carbonyl (C=O) groups excluding carboxylic acids is 1. The number of nitrogens with one attached hydrogen (secondary N) is 2. The van der Waals surface area contributed by atoms with Crippen molar-refractivity contribution in [3.05, 3.63) is 77.5 Å². The van der Waals surface area contributed by atoms with Crippen LogP contribution in [-0.2, 0) is 10.3 Å². The largest absolute Gasteiger partial charge is 0.351 e. The first-order chi connectivity index (χ1) is 12.6. The van der Waals surface area contributed by atoms with Crippen LogP contribution in [0, 0.1) is 22.7 Å².